The Morgan fingerprint density at radius 2 is 2.36 bits per heavy atom. The van der Waals surface area contributed by atoms with Gasteiger partial charge >= 0.3 is 0 Å². The first-order chi connectivity index (χ1) is 10.8. The molecule has 1 aromatic heterocycles. The Hall–Kier alpha value is -1.78. The highest BCUT2D eigenvalue weighted by Crippen LogP contribution is 2.28. The summed E-state index contributed by atoms with van der Waals surface area (Å²) in [5, 5.41) is 9.72. The summed E-state index contributed by atoms with van der Waals surface area (Å²) in [6.07, 6.45) is 3.31. The molecule has 115 valence electrons. The summed E-state index contributed by atoms with van der Waals surface area (Å²) >= 11 is 6.09. The monoisotopic (exact) mass is 317 g/mol. The van der Waals surface area contributed by atoms with Crippen LogP contribution in [0.3, 0.4) is 0 Å². The van der Waals surface area contributed by atoms with Gasteiger partial charge in [-0.15, -0.1) is 0 Å². The second kappa shape index (κ2) is 6.99. The highest BCUT2D eigenvalue weighted by molar-refractivity contribution is 6.31. The van der Waals surface area contributed by atoms with Crippen molar-refractivity contribution in [3.8, 4) is 5.88 Å². The van der Waals surface area contributed by atoms with Gasteiger partial charge in [0.05, 0.1) is 6.54 Å². The fraction of sp³-hybridized carbons (Fsp3) is 0.353. The van der Waals surface area contributed by atoms with Crippen LogP contribution in [0, 0.1) is 6.07 Å². The topological polar surface area (TPSA) is 45.6 Å². The van der Waals surface area contributed by atoms with Gasteiger partial charge in [0.2, 0.25) is 5.88 Å². The van der Waals surface area contributed by atoms with E-state index >= 15 is 0 Å². The SMILES string of the molecule is OCCc1c[c]ccc1N1CC[C@H](Oc2ncccc2Cl)C1. The third-order valence-electron chi connectivity index (χ3n) is 3.79. The lowest BCUT2D eigenvalue weighted by Gasteiger charge is -2.22. The standard InChI is InChI=1S/C17H18ClN2O2/c18-15-5-3-9-19-17(15)22-14-7-10-20(12-14)16-6-2-1-4-13(16)8-11-21/h2-6,9,14,21H,7-8,10-12H2/t14-/m0/s1. The quantitative estimate of drug-likeness (QED) is 0.921. The van der Waals surface area contributed by atoms with Crippen LogP contribution in [-0.2, 0) is 6.42 Å². The number of halogens is 1. The number of aromatic nitrogens is 1. The van der Waals surface area contributed by atoms with E-state index in [-0.39, 0.29) is 12.7 Å². The number of hydrogen-bond donors (Lipinski definition) is 1. The molecular formula is C17H18ClN2O2. The maximum absolute atomic E-state index is 9.18. The van der Waals surface area contributed by atoms with Crippen LogP contribution in [0.1, 0.15) is 12.0 Å². The van der Waals surface area contributed by atoms with Gasteiger partial charge in [-0.25, -0.2) is 4.98 Å². The van der Waals surface area contributed by atoms with Gasteiger partial charge < -0.3 is 14.7 Å². The van der Waals surface area contributed by atoms with Crippen molar-refractivity contribution < 1.29 is 9.84 Å². The molecule has 1 aliphatic rings. The van der Waals surface area contributed by atoms with Crippen LogP contribution < -0.4 is 9.64 Å². The molecule has 1 fully saturated rings. The molecule has 1 radical (unpaired) electrons. The fourth-order valence-electron chi connectivity index (χ4n) is 2.74. The van der Waals surface area contributed by atoms with Crippen LogP contribution in [0.5, 0.6) is 5.88 Å². The van der Waals surface area contributed by atoms with Crippen LogP contribution >= 0.6 is 11.6 Å². The molecule has 1 atom stereocenters. The minimum atomic E-state index is 0.0681. The zero-order valence-corrected chi connectivity index (χ0v) is 13.0. The van der Waals surface area contributed by atoms with Gasteiger partial charge in [-0.1, -0.05) is 17.7 Å². The number of rotatable bonds is 5. The first kappa shape index (κ1) is 15.1. The van der Waals surface area contributed by atoms with Crippen molar-refractivity contribution in [2.45, 2.75) is 18.9 Å². The Balaban J connectivity index is 1.69. The van der Waals surface area contributed by atoms with Gasteiger partial charge in [0, 0.05) is 31.5 Å². The van der Waals surface area contributed by atoms with E-state index in [1.165, 1.54) is 0 Å². The third kappa shape index (κ3) is 3.34. The molecule has 0 bridgehead atoms. The summed E-state index contributed by atoms with van der Waals surface area (Å²) in [6, 6.07) is 12.5. The van der Waals surface area contributed by atoms with E-state index in [1.807, 2.05) is 18.2 Å². The van der Waals surface area contributed by atoms with E-state index in [2.05, 4.69) is 16.0 Å². The highest BCUT2D eigenvalue weighted by Gasteiger charge is 2.26. The van der Waals surface area contributed by atoms with E-state index in [1.54, 1.807) is 18.3 Å². The first-order valence-electron chi connectivity index (χ1n) is 7.40. The average molecular weight is 318 g/mol. The molecule has 0 amide bonds. The number of aliphatic hydroxyl groups is 1. The molecule has 2 heterocycles. The highest BCUT2D eigenvalue weighted by atomic mass is 35.5. The Morgan fingerprint density at radius 3 is 3.18 bits per heavy atom. The second-order valence-electron chi connectivity index (χ2n) is 5.29. The second-order valence-corrected chi connectivity index (χ2v) is 5.70. The number of benzene rings is 1. The molecule has 5 heteroatoms. The van der Waals surface area contributed by atoms with Crippen molar-refractivity contribution in [2.75, 3.05) is 24.6 Å². The van der Waals surface area contributed by atoms with Gasteiger partial charge in [0.15, 0.2) is 0 Å². The zero-order valence-electron chi connectivity index (χ0n) is 12.2. The van der Waals surface area contributed by atoms with Gasteiger partial charge in [0.25, 0.3) is 0 Å². The molecule has 3 rings (SSSR count). The molecule has 1 aliphatic heterocycles. The van der Waals surface area contributed by atoms with E-state index in [0.29, 0.717) is 17.3 Å². The third-order valence-corrected chi connectivity index (χ3v) is 4.08. The Bertz CT molecular complexity index is 636. The molecule has 22 heavy (non-hydrogen) atoms. The predicted molar refractivity (Wildman–Crippen MR) is 86.6 cm³/mol. The van der Waals surface area contributed by atoms with Crippen molar-refractivity contribution in [2.24, 2.45) is 0 Å². The summed E-state index contributed by atoms with van der Waals surface area (Å²) in [6.45, 7) is 1.84. The summed E-state index contributed by atoms with van der Waals surface area (Å²) in [4.78, 5) is 6.45. The molecule has 4 nitrogen and oxygen atoms in total. The molecule has 1 aromatic carbocycles. The van der Waals surface area contributed by atoms with Gasteiger partial charge in [-0.05, 0) is 42.3 Å². The molecule has 2 aromatic rings. The largest absolute Gasteiger partial charge is 0.471 e. The van der Waals surface area contributed by atoms with Crippen molar-refractivity contribution in [3.05, 3.63) is 53.2 Å². The molecule has 0 unspecified atom stereocenters. The maximum Gasteiger partial charge on any atom is 0.232 e. The molecule has 0 saturated carbocycles. The van der Waals surface area contributed by atoms with Crippen LogP contribution in [0.4, 0.5) is 5.69 Å². The minimum absolute atomic E-state index is 0.0681. The van der Waals surface area contributed by atoms with Crippen molar-refractivity contribution in [1.82, 2.24) is 4.98 Å². The number of anilines is 1. The lowest BCUT2D eigenvalue weighted by Crippen LogP contribution is -2.25. The van der Waals surface area contributed by atoms with E-state index in [9.17, 15) is 5.11 Å². The van der Waals surface area contributed by atoms with E-state index in [4.69, 9.17) is 16.3 Å². The summed E-state index contributed by atoms with van der Waals surface area (Å²) < 4.78 is 5.92. The average Bonchev–Trinajstić information content (AvgIpc) is 2.99. The van der Waals surface area contributed by atoms with Crippen LogP contribution in [0.25, 0.3) is 0 Å². The van der Waals surface area contributed by atoms with Gasteiger partial charge in [0.1, 0.15) is 11.1 Å². The molecular weight excluding hydrogens is 300 g/mol. The lowest BCUT2D eigenvalue weighted by molar-refractivity contribution is 0.216. The van der Waals surface area contributed by atoms with Crippen molar-refractivity contribution in [1.29, 1.82) is 0 Å². The van der Waals surface area contributed by atoms with Gasteiger partial charge in [-0.3, -0.25) is 0 Å². The number of hydrogen-bond acceptors (Lipinski definition) is 4. The minimum Gasteiger partial charge on any atom is -0.471 e. The molecule has 1 saturated heterocycles. The van der Waals surface area contributed by atoms with Crippen LogP contribution in [-0.4, -0.2) is 35.9 Å². The Kier molecular flexibility index (Phi) is 4.80. The summed E-state index contributed by atoms with van der Waals surface area (Å²) in [5.74, 6) is 0.494. The molecule has 0 spiro atoms. The summed E-state index contributed by atoms with van der Waals surface area (Å²) in [7, 11) is 0. The number of aliphatic hydroxyl groups excluding tert-OH is 1. The maximum atomic E-state index is 9.18. The predicted octanol–water partition coefficient (Wildman–Crippen LogP) is 2.73. The fourth-order valence-corrected chi connectivity index (χ4v) is 2.91. The molecule has 0 aliphatic carbocycles. The van der Waals surface area contributed by atoms with E-state index in [0.717, 1.165) is 30.8 Å². The first-order valence-corrected chi connectivity index (χ1v) is 7.77. The van der Waals surface area contributed by atoms with Crippen LogP contribution in [0.2, 0.25) is 5.02 Å². The number of ether oxygens (including phenoxy) is 1. The van der Waals surface area contributed by atoms with Gasteiger partial charge in [-0.2, -0.15) is 0 Å². The Labute approximate surface area is 135 Å². The summed E-state index contributed by atoms with van der Waals surface area (Å²) in [5.41, 5.74) is 2.26. The zero-order chi connectivity index (χ0) is 15.4. The number of pyridine rings is 1. The van der Waals surface area contributed by atoms with Crippen molar-refractivity contribution in [3.63, 3.8) is 0 Å². The Morgan fingerprint density at radius 1 is 1.45 bits per heavy atom. The van der Waals surface area contributed by atoms with Crippen LogP contribution in [0.15, 0.2) is 36.5 Å². The lowest BCUT2D eigenvalue weighted by atomic mass is 10.1. The molecule has 1 N–H and O–H groups in total. The van der Waals surface area contributed by atoms with Crippen molar-refractivity contribution >= 4 is 17.3 Å². The normalized spacial score (nSPS) is 17.7. The van der Waals surface area contributed by atoms with E-state index < -0.39 is 0 Å². The number of nitrogens with zero attached hydrogens (tertiary/aromatic N) is 2. The smallest absolute Gasteiger partial charge is 0.232 e.